The van der Waals surface area contributed by atoms with Gasteiger partial charge in [0.15, 0.2) is 0 Å². The molecule has 8 heteroatoms. The number of aromatic nitrogens is 2. The van der Waals surface area contributed by atoms with Crippen molar-refractivity contribution < 1.29 is 9.53 Å². The van der Waals surface area contributed by atoms with Crippen LogP contribution in [0, 0.1) is 5.92 Å². The van der Waals surface area contributed by atoms with Crippen LogP contribution < -0.4 is 15.6 Å². The molecule has 0 unspecified atom stereocenters. The average Bonchev–Trinajstić information content (AvgIpc) is 3.32. The van der Waals surface area contributed by atoms with Crippen LogP contribution >= 0.6 is 23.2 Å². The molecule has 1 aromatic heterocycles. The number of carbonyl (C=O) groups is 1. The highest BCUT2D eigenvalue weighted by molar-refractivity contribution is 6.34. The summed E-state index contributed by atoms with van der Waals surface area (Å²) in [7, 11) is 1.48. The molecule has 1 aliphatic rings. The van der Waals surface area contributed by atoms with E-state index in [-0.39, 0.29) is 17.7 Å². The Labute approximate surface area is 143 Å². The number of rotatable bonds is 5. The maximum Gasteiger partial charge on any atom is 0.258 e. The quantitative estimate of drug-likeness (QED) is 0.808. The lowest BCUT2D eigenvalue weighted by Gasteiger charge is -2.10. The van der Waals surface area contributed by atoms with Crippen LogP contribution in [0.1, 0.15) is 17.9 Å². The minimum Gasteiger partial charge on any atom is -0.478 e. The minimum absolute atomic E-state index is 0.122. The summed E-state index contributed by atoms with van der Waals surface area (Å²) < 4.78 is 5.05. The topological polar surface area (TPSA) is 76.1 Å². The number of hydrazine groups is 1. The molecule has 1 amide bonds. The van der Waals surface area contributed by atoms with Gasteiger partial charge in [0.2, 0.25) is 11.7 Å². The fourth-order valence-corrected chi connectivity index (χ4v) is 2.96. The van der Waals surface area contributed by atoms with E-state index in [1.54, 1.807) is 6.07 Å². The molecule has 1 saturated carbocycles. The van der Waals surface area contributed by atoms with Gasteiger partial charge >= 0.3 is 0 Å². The van der Waals surface area contributed by atoms with Crippen LogP contribution in [0.15, 0.2) is 30.6 Å². The second-order valence-corrected chi connectivity index (χ2v) is 6.05. The molecule has 2 N–H and O–H groups in total. The molecule has 0 saturated heterocycles. The van der Waals surface area contributed by atoms with Gasteiger partial charge in [-0.2, -0.15) is 0 Å². The zero-order chi connectivity index (χ0) is 16.4. The number of hydrogen-bond acceptors (Lipinski definition) is 5. The maximum atomic E-state index is 12.2. The van der Waals surface area contributed by atoms with Crippen molar-refractivity contribution in [2.75, 3.05) is 12.5 Å². The molecule has 6 nitrogen and oxygen atoms in total. The number of nitrogens with one attached hydrogen (secondary N) is 2. The van der Waals surface area contributed by atoms with E-state index >= 15 is 0 Å². The number of benzene rings is 1. The predicted octanol–water partition coefficient (Wildman–Crippen LogP) is 3.04. The Kier molecular flexibility index (Phi) is 4.54. The summed E-state index contributed by atoms with van der Waals surface area (Å²) in [4.78, 5) is 20.2. The fraction of sp³-hybridized carbons (Fsp3) is 0.267. The van der Waals surface area contributed by atoms with E-state index in [1.807, 2.05) is 12.1 Å². The first-order valence-electron chi connectivity index (χ1n) is 6.95. The van der Waals surface area contributed by atoms with Crippen LogP contribution in [0.2, 0.25) is 10.0 Å². The molecule has 1 fully saturated rings. The van der Waals surface area contributed by atoms with Gasteiger partial charge in [-0.15, -0.1) is 0 Å². The lowest BCUT2D eigenvalue weighted by molar-refractivity contribution is -0.121. The first-order valence-corrected chi connectivity index (χ1v) is 7.71. The van der Waals surface area contributed by atoms with Crippen LogP contribution in [0.5, 0.6) is 5.88 Å². The van der Waals surface area contributed by atoms with Gasteiger partial charge in [-0.3, -0.25) is 15.6 Å². The van der Waals surface area contributed by atoms with Crippen LogP contribution in [-0.2, 0) is 4.79 Å². The van der Waals surface area contributed by atoms with Gasteiger partial charge in [-0.1, -0.05) is 23.2 Å². The number of carbonyl (C=O) groups excluding carboxylic acids is 1. The van der Waals surface area contributed by atoms with E-state index in [9.17, 15) is 4.79 Å². The lowest BCUT2D eigenvalue weighted by Crippen LogP contribution is -2.31. The molecule has 1 aliphatic carbocycles. The average molecular weight is 353 g/mol. The molecule has 120 valence electrons. The van der Waals surface area contributed by atoms with Crippen LogP contribution in [0.25, 0.3) is 0 Å². The van der Waals surface area contributed by atoms with Gasteiger partial charge in [0.1, 0.15) is 0 Å². The maximum absolute atomic E-state index is 12.2. The normalized spacial score (nSPS) is 19.1. The van der Waals surface area contributed by atoms with Gasteiger partial charge in [0.25, 0.3) is 5.88 Å². The smallest absolute Gasteiger partial charge is 0.258 e. The summed E-state index contributed by atoms with van der Waals surface area (Å²) in [6, 6.07) is 5.35. The second kappa shape index (κ2) is 6.60. The zero-order valence-electron chi connectivity index (χ0n) is 12.2. The Bertz CT molecular complexity index is 721. The van der Waals surface area contributed by atoms with Crippen molar-refractivity contribution in [3.63, 3.8) is 0 Å². The third-order valence-electron chi connectivity index (χ3n) is 3.60. The first kappa shape index (κ1) is 15.8. The largest absolute Gasteiger partial charge is 0.478 e. The number of amides is 1. The summed E-state index contributed by atoms with van der Waals surface area (Å²) >= 11 is 12.0. The van der Waals surface area contributed by atoms with Crippen LogP contribution in [0.4, 0.5) is 5.82 Å². The van der Waals surface area contributed by atoms with Crippen molar-refractivity contribution in [3.05, 3.63) is 46.2 Å². The molecule has 0 aliphatic heterocycles. The molecule has 2 atom stereocenters. The molecule has 23 heavy (non-hydrogen) atoms. The number of methoxy groups -OCH3 is 1. The Balaban J connectivity index is 1.60. The number of ether oxygens (including phenoxy) is 1. The Hall–Kier alpha value is -2.05. The highest BCUT2D eigenvalue weighted by atomic mass is 35.5. The summed E-state index contributed by atoms with van der Waals surface area (Å²) in [5, 5.41) is 1.14. The van der Waals surface area contributed by atoms with E-state index in [4.69, 9.17) is 27.9 Å². The van der Waals surface area contributed by atoms with Gasteiger partial charge < -0.3 is 4.74 Å². The van der Waals surface area contributed by atoms with Gasteiger partial charge in [0.05, 0.1) is 7.11 Å². The van der Waals surface area contributed by atoms with E-state index in [2.05, 4.69) is 20.8 Å². The SMILES string of the molecule is COc1nccnc1NNC(=O)[C@@H]1C[C@H]1c1cc(Cl)cc(Cl)c1. The van der Waals surface area contributed by atoms with Crippen LogP contribution in [0.3, 0.4) is 0 Å². The lowest BCUT2D eigenvalue weighted by atomic mass is 10.1. The Morgan fingerprint density at radius 3 is 2.61 bits per heavy atom. The van der Waals surface area contributed by atoms with Crippen molar-refractivity contribution in [2.24, 2.45) is 5.92 Å². The Morgan fingerprint density at radius 1 is 1.22 bits per heavy atom. The predicted molar refractivity (Wildman–Crippen MR) is 87.7 cm³/mol. The first-order chi connectivity index (χ1) is 11.1. The van der Waals surface area contributed by atoms with E-state index in [1.165, 1.54) is 19.5 Å². The number of nitrogens with zero attached hydrogens (tertiary/aromatic N) is 2. The summed E-state index contributed by atoms with van der Waals surface area (Å²) in [6.45, 7) is 0. The molecule has 3 rings (SSSR count). The highest BCUT2D eigenvalue weighted by Gasteiger charge is 2.44. The molecule has 0 spiro atoms. The van der Waals surface area contributed by atoms with Crippen LogP contribution in [-0.4, -0.2) is 23.0 Å². The molecule has 1 aromatic carbocycles. The number of anilines is 1. The van der Waals surface area contributed by atoms with Crippen molar-refractivity contribution >= 4 is 34.9 Å². The molecule has 1 heterocycles. The standard InChI is InChI=1S/C15H14Cl2N4O2/c1-23-15-13(18-2-3-19-15)20-21-14(22)12-7-11(12)8-4-9(16)6-10(17)5-8/h2-6,11-12H,7H2,1H3,(H,18,20)(H,21,22)/t11-,12+/m0/s1. The molecule has 2 aromatic rings. The van der Waals surface area contributed by atoms with Crippen molar-refractivity contribution in [2.45, 2.75) is 12.3 Å². The Morgan fingerprint density at radius 2 is 1.91 bits per heavy atom. The molecular weight excluding hydrogens is 339 g/mol. The van der Waals surface area contributed by atoms with E-state index < -0.39 is 0 Å². The number of halogens is 2. The van der Waals surface area contributed by atoms with Gasteiger partial charge in [-0.25, -0.2) is 9.97 Å². The summed E-state index contributed by atoms with van der Waals surface area (Å²) in [6.07, 6.45) is 3.76. The third kappa shape index (κ3) is 3.65. The summed E-state index contributed by atoms with van der Waals surface area (Å²) in [5.41, 5.74) is 6.33. The van der Waals surface area contributed by atoms with Crippen molar-refractivity contribution in [1.29, 1.82) is 0 Å². The van der Waals surface area contributed by atoms with Gasteiger partial charge in [-0.05, 0) is 36.1 Å². The molecule has 0 radical (unpaired) electrons. The zero-order valence-corrected chi connectivity index (χ0v) is 13.7. The van der Waals surface area contributed by atoms with E-state index in [0.717, 1.165) is 12.0 Å². The highest BCUT2D eigenvalue weighted by Crippen LogP contribution is 2.48. The van der Waals surface area contributed by atoms with Crippen molar-refractivity contribution in [3.8, 4) is 5.88 Å². The number of hydrogen-bond donors (Lipinski definition) is 2. The fourth-order valence-electron chi connectivity index (χ4n) is 2.42. The molecular formula is C15H14Cl2N4O2. The summed E-state index contributed by atoms with van der Waals surface area (Å²) in [5.74, 6) is 0.531. The second-order valence-electron chi connectivity index (χ2n) is 5.18. The molecule has 0 bridgehead atoms. The van der Waals surface area contributed by atoms with Crippen molar-refractivity contribution in [1.82, 2.24) is 15.4 Å². The minimum atomic E-state index is -0.126. The van der Waals surface area contributed by atoms with Gasteiger partial charge in [0, 0.05) is 28.4 Å². The van der Waals surface area contributed by atoms with E-state index in [0.29, 0.717) is 21.7 Å². The third-order valence-corrected chi connectivity index (χ3v) is 4.04. The monoisotopic (exact) mass is 352 g/mol.